The number of hydrazine groups is 1. The summed E-state index contributed by atoms with van der Waals surface area (Å²) in [4.78, 5) is 25.6. The number of benzene rings is 1. The number of anilines is 1. The normalized spacial score (nSPS) is 29.2. The summed E-state index contributed by atoms with van der Waals surface area (Å²) < 4.78 is 48.1. The van der Waals surface area contributed by atoms with Crippen LogP contribution < -0.4 is 16.1 Å². The molecule has 0 bridgehead atoms. The molecule has 2 aliphatic heterocycles. The summed E-state index contributed by atoms with van der Waals surface area (Å²) in [7, 11) is 0. The first kappa shape index (κ1) is 30.1. The van der Waals surface area contributed by atoms with Crippen molar-refractivity contribution in [1.29, 1.82) is 5.26 Å². The van der Waals surface area contributed by atoms with Gasteiger partial charge in [-0.25, -0.2) is 10.4 Å². The molecule has 40 heavy (non-hydrogen) atoms. The number of nitriles is 1. The minimum Gasteiger partial charge on any atom is -0.462 e. The van der Waals surface area contributed by atoms with E-state index in [9.17, 15) is 33.1 Å². The van der Waals surface area contributed by atoms with Crippen LogP contribution in [0.25, 0.3) is 0 Å². The maximum absolute atomic E-state index is 14.4. The van der Waals surface area contributed by atoms with Crippen molar-refractivity contribution in [2.24, 2.45) is 17.3 Å². The predicted octanol–water partition coefficient (Wildman–Crippen LogP) is 3.56. The van der Waals surface area contributed by atoms with Gasteiger partial charge >= 0.3 is 12.1 Å². The maximum atomic E-state index is 14.4. The van der Waals surface area contributed by atoms with Gasteiger partial charge in [0, 0.05) is 24.3 Å². The van der Waals surface area contributed by atoms with E-state index in [1.165, 1.54) is 26.0 Å². The number of carbonyl (C=O) groups is 2. The van der Waals surface area contributed by atoms with E-state index in [0.29, 0.717) is 18.7 Å². The van der Waals surface area contributed by atoms with Gasteiger partial charge in [0.25, 0.3) is 0 Å². The number of nitrogens with zero attached hydrogens (tertiary/aromatic N) is 2. The lowest BCUT2D eigenvalue weighted by Crippen LogP contribution is -2.57. The minimum absolute atomic E-state index is 0.0408. The van der Waals surface area contributed by atoms with Crippen LogP contribution in [0.1, 0.15) is 65.4 Å². The molecule has 3 fully saturated rings. The number of rotatable bonds is 7. The summed E-state index contributed by atoms with van der Waals surface area (Å²) in [5, 5.41) is 29.0. The lowest BCUT2D eigenvalue weighted by Gasteiger charge is -2.42. The zero-order chi connectivity index (χ0) is 29.5. The van der Waals surface area contributed by atoms with Crippen molar-refractivity contribution < 1.29 is 32.6 Å². The van der Waals surface area contributed by atoms with Crippen molar-refractivity contribution in [3.63, 3.8) is 0 Å². The van der Waals surface area contributed by atoms with Crippen LogP contribution in [0.5, 0.6) is 0 Å². The number of ether oxygens (including phenoxy) is 1. The summed E-state index contributed by atoms with van der Waals surface area (Å²) in [6, 6.07) is 7.25. The second-order valence-corrected chi connectivity index (χ2v) is 11.8. The number of hydrogen-bond donors (Lipinski definition) is 4. The highest BCUT2D eigenvalue weighted by molar-refractivity contribution is 5.82. The molecule has 1 aliphatic carbocycles. The average molecular weight is 566 g/mol. The van der Waals surface area contributed by atoms with Crippen molar-refractivity contribution in [3.8, 4) is 6.07 Å². The molecule has 4 rings (SSSR count). The van der Waals surface area contributed by atoms with Gasteiger partial charge in [-0.1, -0.05) is 25.0 Å². The Balaban J connectivity index is 1.59. The van der Waals surface area contributed by atoms with Crippen molar-refractivity contribution in [1.82, 2.24) is 15.8 Å². The van der Waals surface area contributed by atoms with E-state index in [-0.39, 0.29) is 23.9 Å². The smallest absolute Gasteiger partial charge is 0.422 e. The number of piperidine rings is 1. The maximum Gasteiger partial charge on any atom is 0.422 e. The molecule has 1 amide bonds. The first-order valence-electron chi connectivity index (χ1n) is 13.8. The second kappa shape index (κ2) is 11.2. The fraction of sp³-hybridized carbons (Fsp3) is 0.679. The van der Waals surface area contributed by atoms with Crippen molar-refractivity contribution in [3.05, 3.63) is 29.8 Å². The number of alkyl halides is 3. The first-order valence-corrected chi connectivity index (χ1v) is 13.8. The number of carbonyl (C=O) groups excluding carboxylic acids is 2. The highest BCUT2D eigenvalue weighted by Gasteiger charge is 2.67. The number of halogens is 3. The topological polar surface area (TPSA) is 127 Å². The molecule has 220 valence electrons. The summed E-state index contributed by atoms with van der Waals surface area (Å²) in [5.74, 6) is -1.95. The molecule has 1 aromatic rings. The van der Waals surface area contributed by atoms with Gasteiger partial charge in [-0.05, 0) is 64.7 Å². The molecule has 6 atom stereocenters. The van der Waals surface area contributed by atoms with Gasteiger partial charge in [0.05, 0.1) is 24.0 Å². The van der Waals surface area contributed by atoms with Gasteiger partial charge < -0.3 is 20.5 Å². The highest BCUT2D eigenvalue weighted by atomic mass is 19.4. The molecule has 1 saturated carbocycles. The molecule has 12 heteroatoms. The largest absolute Gasteiger partial charge is 0.462 e. The van der Waals surface area contributed by atoms with Crippen molar-refractivity contribution in [2.45, 2.75) is 95.9 Å². The molecule has 2 saturated heterocycles. The van der Waals surface area contributed by atoms with E-state index in [0.717, 1.165) is 51.7 Å². The Hall–Kier alpha value is -2.88. The monoisotopic (exact) mass is 565 g/mol. The van der Waals surface area contributed by atoms with Crippen LogP contribution in [0.4, 0.5) is 18.9 Å². The van der Waals surface area contributed by atoms with E-state index in [2.05, 4.69) is 22.1 Å². The molecular formula is C28H38F3N5O4. The molecular weight excluding hydrogens is 527 g/mol. The van der Waals surface area contributed by atoms with Crippen LogP contribution in [0.3, 0.4) is 0 Å². The molecule has 1 aromatic carbocycles. The average Bonchev–Trinajstić information content (AvgIpc) is 3.26. The Kier molecular flexibility index (Phi) is 8.41. The third-order valence-electron chi connectivity index (χ3n) is 8.51. The summed E-state index contributed by atoms with van der Waals surface area (Å²) in [5.41, 5.74) is -2.56. The van der Waals surface area contributed by atoms with Crippen LogP contribution in [0.15, 0.2) is 24.3 Å². The fourth-order valence-electron chi connectivity index (χ4n) is 6.27. The van der Waals surface area contributed by atoms with Gasteiger partial charge in [0.2, 0.25) is 11.5 Å². The Bertz CT molecular complexity index is 1140. The zero-order valence-electron chi connectivity index (χ0n) is 23.2. The summed E-state index contributed by atoms with van der Waals surface area (Å²) >= 11 is 0. The molecule has 4 N–H and O–H groups in total. The van der Waals surface area contributed by atoms with Crippen molar-refractivity contribution >= 4 is 17.6 Å². The summed E-state index contributed by atoms with van der Waals surface area (Å²) in [6.45, 7) is 5.58. The molecule has 4 unspecified atom stereocenters. The molecule has 3 aliphatic rings. The van der Waals surface area contributed by atoms with Gasteiger partial charge in [0.15, 0.2) is 0 Å². The molecule has 0 aromatic heterocycles. The quantitative estimate of drug-likeness (QED) is 0.370. The lowest BCUT2D eigenvalue weighted by atomic mass is 9.70. The van der Waals surface area contributed by atoms with Gasteiger partial charge in [0.1, 0.15) is 11.6 Å². The van der Waals surface area contributed by atoms with Crippen LogP contribution in [-0.2, 0) is 19.9 Å². The second-order valence-electron chi connectivity index (χ2n) is 11.8. The number of nitrogens with one attached hydrogen (secondary N) is 3. The number of amides is 1. The Labute approximate surface area is 232 Å². The highest BCUT2D eigenvalue weighted by Crippen LogP contribution is 2.51. The molecule has 0 radical (unpaired) electrons. The Morgan fingerprint density at radius 1 is 1.15 bits per heavy atom. The molecule has 9 nitrogen and oxygen atoms in total. The van der Waals surface area contributed by atoms with Crippen LogP contribution >= 0.6 is 0 Å². The van der Waals surface area contributed by atoms with Crippen LogP contribution in [-0.4, -0.2) is 59.1 Å². The lowest BCUT2D eigenvalue weighted by molar-refractivity contribution is -0.304. The van der Waals surface area contributed by atoms with E-state index in [1.54, 1.807) is 0 Å². The third-order valence-corrected chi connectivity index (χ3v) is 8.51. The van der Waals surface area contributed by atoms with E-state index in [4.69, 9.17) is 4.74 Å². The van der Waals surface area contributed by atoms with E-state index in [1.807, 2.05) is 5.01 Å². The Morgan fingerprint density at radius 2 is 1.80 bits per heavy atom. The van der Waals surface area contributed by atoms with E-state index >= 15 is 0 Å². The number of aliphatic hydroxyl groups is 1. The summed E-state index contributed by atoms with van der Waals surface area (Å²) in [6.07, 6.45) is -2.08. The number of esters is 1. The van der Waals surface area contributed by atoms with Gasteiger partial charge in [-0.15, -0.1) is 0 Å². The first-order chi connectivity index (χ1) is 18.7. The Morgan fingerprint density at radius 3 is 2.40 bits per heavy atom. The van der Waals surface area contributed by atoms with Gasteiger partial charge in [-0.3, -0.25) is 9.59 Å². The standard InChI is InChI=1S/C28H38F3N5O4/c1-16(2)40-25(38)26(3,4)27(39,28(29,30)31)18-9-11-19(12-10-18)34-23-22-21(13-14-33-24(22)37)36(35-23)20-8-6-5-7-17(20)15-32/h9-12,16-17,20-23,34-35,39H,5-8,13-14H2,1-4H3,(H,33,37)/t17-,20+,21?,22?,23?,27?/m1/s1. The molecule has 2 heterocycles. The van der Waals surface area contributed by atoms with E-state index < -0.39 is 46.9 Å². The van der Waals surface area contributed by atoms with Gasteiger partial charge in [-0.2, -0.15) is 18.4 Å². The minimum atomic E-state index is -5.18. The molecule has 0 spiro atoms. The SMILES string of the molecule is CC(C)OC(=O)C(C)(C)C(O)(c1ccc(NC2NN([C@H]3CCCC[C@@H]3C#N)C3CCNC(=O)C23)cc1)C(F)(F)F. The third kappa shape index (κ3) is 5.27. The van der Waals surface area contributed by atoms with Crippen molar-refractivity contribution in [2.75, 3.05) is 11.9 Å². The zero-order valence-corrected chi connectivity index (χ0v) is 23.2. The van der Waals surface area contributed by atoms with Crippen LogP contribution in [0, 0.1) is 28.6 Å². The van der Waals surface area contributed by atoms with Crippen LogP contribution in [0.2, 0.25) is 0 Å². The fourth-order valence-corrected chi connectivity index (χ4v) is 6.27. The number of fused-ring (bicyclic) bond motifs is 1. The number of hydrogen-bond acceptors (Lipinski definition) is 8. The predicted molar refractivity (Wildman–Crippen MR) is 140 cm³/mol.